The van der Waals surface area contributed by atoms with Crippen LogP contribution >= 0.6 is 0 Å². The second-order valence-electron chi connectivity index (χ2n) is 3.74. The van der Waals surface area contributed by atoms with Crippen LogP contribution in [0.2, 0.25) is 0 Å². The van der Waals surface area contributed by atoms with Crippen LogP contribution in [0.4, 0.5) is 13.2 Å². The molecule has 0 unspecified atom stereocenters. The van der Waals surface area contributed by atoms with Crippen LogP contribution in [0, 0.1) is 0 Å². The Morgan fingerprint density at radius 3 is 2.15 bits per heavy atom. The first-order valence-electron chi connectivity index (χ1n) is 5.10. The lowest BCUT2D eigenvalue weighted by molar-refractivity contribution is -0.192. The van der Waals surface area contributed by atoms with Gasteiger partial charge in [-0.1, -0.05) is 18.2 Å². The van der Waals surface area contributed by atoms with Crippen molar-refractivity contribution in [3.8, 4) is 0 Å². The minimum absolute atomic E-state index is 0.727. The second-order valence-corrected chi connectivity index (χ2v) is 5.60. The summed E-state index contributed by atoms with van der Waals surface area (Å²) in [6.45, 7) is 0. The zero-order valence-corrected chi connectivity index (χ0v) is 10.9. The molecule has 0 atom stereocenters. The van der Waals surface area contributed by atoms with Crippen molar-refractivity contribution >= 4 is 26.9 Å². The summed E-state index contributed by atoms with van der Waals surface area (Å²) >= 11 is 0. The molecule has 0 radical (unpaired) electrons. The van der Waals surface area contributed by atoms with E-state index in [-0.39, 0.29) is 0 Å². The van der Waals surface area contributed by atoms with Gasteiger partial charge in [-0.05, 0) is 12.1 Å². The molecule has 2 rings (SSSR count). The zero-order chi connectivity index (χ0) is 15.6. The van der Waals surface area contributed by atoms with Crippen LogP contribution in [0.5, 0.6) is 0 Å². The molecule has 0 aliphatic heterocycles. The van der Waals surface area contributed by atoms with E-state index in [0.29, 0.717) is 0 Å². The summed E-state index contributed by atoms with van der Waals surface area (Å²) in [6, 6.07) is 9.17. The Labute approximate surface area is 112 Å². The number of carboxylic acid groups (broad SMARTS) is 1. The number of carboxylic acids is 1. The molecule has 110 valence electrons. The summed E-state index contributed by atoms with van der Waals surface area (Å²) in [6.07, 6.45) is -2.32. The molecular weight excluding hydrogens is 299 g/mol. The fourth-order valence-corrected chi connectivity index (χ4v) is 2.15. The number of alkyl halides is 3. The zero-order valence-electron chi connectivity index (χ0n) is 10.1. The number of hydrogen-bond donors (Lipinski definition) is 1. The van der Waals surface area contributed by atoms with Gasteiger partial charge in [0.05, 0.1) is 11.8 Å². The van der Waals surface area contributed by atoms with Crippen LogP contribution in [0.3, 0.4) is 0 Å². The fraction of sp³-hybridized carbons (Fsp3) is 0.182. The number of benzene rings is 1. The van der Waals surface area contributed by atoms with Gasteiger partial charge >= 0.3 is 12.1 Å². The maximum atomic E-state index is 11.3. The van der Waals surface area contributed by atoms with Gasteiger partial charge in [0.2, 0.25) is 10.0 Å². The van der Waals surface area contributed by atoms with E-state index in [2.05, 4.69) is 0 Å². The van der Waals surface area contributed by atoms with Crippen LogP contribution in [0.1, 0.15) is 0 Å². The van der Waals surface area contributed by atoms with Crippen molar-refractivity contribution in [1.82, 2.24) is 3.97 Å². The molecule has 0 aliphatic rings. The third kappa shape index (κ3) is 3.98. The lowest BCUT2D eigenvalue weighted by Gasteiger charge is -2.00. The molecule has 1 aromatic carbocycles. The van der Waals surface area contributed by atoms with E-state index < -0.39 is 22.2 Å². The van der Waals surface area contributed by atoms with Gasteiger partial charge in [-0.3, -0.25) is 0 Å². The highest BCUT2D eigenvalue weighted by atomic mass is 32.2. The Kier molecular flexibility index (Phi) is 4.43. The average molecular weight is 309 g/mol. The third-order valence-electron chi connectivity index (χ3n) is 2.16. The summed E-state index contributed by atoms with van der Waals surface area (Å²) in [5, 5.41) is 8.06. The lowest BCUT2D eigenvalue weighted by atomic mass is 10.3. The van der Waals surface area contributed by atoms with E-state index in [1.165, 1.54) is 10.2 Å². The van der Waals surface area contributed by atoms with E-state index >= 15 is 0 Å². The van der Waals surface area contributed by atoms with Crippen molar-refractivity contribution in [1.29, 1.82) is 0 Å². The van der Waals surface area contributed by atoms with Crippen molar-refractivity contribution < 1.29 is 31.5 Å². The Morgan fingerprint density at radius 1 is 1.20 bits per heavy atom. The smallest absolute Gasteiger partial charge is 0.475 e. The summed E-state index contributed by atoms with van der Waals surface area (Å²) in [5.74, 6) is -2.76. The molecule has 0 aliphatic carbocycles. The molecule has 0 bridgehead atoms. The van der Waals surface area contributed by atoms with Gasteiger partial charge in [0.1, 0.15) is 0 Å². The Hall–Kier alpha value is -2.03. The van der Waals surface area contributed by atoms with Gasteiger partial charge in [-0.25, -0.2) is 17.2 Å². The molecule has 5 nitrogen and oxygen atoms in total. The summed E-state index contributed by atoms with van der Waals surface area (Å²) < 4.78 is 55.6. The van der Waals surface area contributed by atoms with Crippen molar-refractivity contribution in [2.24, 2.45) is 0 Å². The predicted molar refractivity (Wildman–Crippen MR) is 65.9 cm³/mol. The van der Waals surface area contributed by atoms with Crippen molar-refractivity contribution in [2.75, 3.05) is 6.26 Å². The molecule has 1 N–H and O–H groups in total. The van der Waals surface area contributed by atoms with Crippen molar-refractivity contribution in [2.45, 2.75) is 6.18 Å². The number of hydrogen-bond acceptors (Lipinski definition) is 3. The first-order chi connectivity index (χ1) is 9.03. The Morgan fingerprint density at radius 2 is 1.70 bits per heavy atom. The molecule has 0 saturated carbocycles. The molecule has 1 heterocycles. The highest BCUT2D eigenvalue weighted by Gasteiger charge is 2.38. The second kappa shape index (κ2) is 5.53. The molecule has 0 fully saturated rings. The standard InChI is InChI=1S/C9H9NO2S.C2HF3O2/c1-13(11,12)10-7-6-8-4-2-3-5-9(8)10;3-2(4,5)1(6)7/h2-7H,1H3;(H,6,7). The van der Waals surface area contributed by atoms with Gasteiger partial charge in [0, 0.05) is 11.6 Å². The molecule has 9 heteroatoms. The highest BCUT2D eigenvalue weighted by Crippen LogP contribution is 2.16. The number of aliphatic carboxylic acids is 1. The molecule has 0 spiro atoms. The number of para-hydroxylation sites is 1. The number of nitrogens with zero attached hydrogens (tertiary/aromatic N) is 1. The predicted octanol–water partition coefficient (Wildman–Crippen LogP) is 2.08. The van der Waals surface area contributed by atoms with E-state index in [1.807, 2.05) is 18.2 Å². The van der Waals surface area contributed by atoms with Gasteiger partial charge in [0.15, 0.2) is 0 Å². The first kappa shape index (κ1) is 16.0. The van der Waals surface area contributed by atoms with E-state index in [4.69, 9.17) is 9.90 Å². The van der Waals surface area contributed by atoms with E-state index in [1.54, 1.807) is 18.3 Å². The van der Waals surface area contributed by atoms with Crippen LogP contribution in [-0.4, -0.2) is 35.9 Å². The molecule has 1 aromatic heterocycles. The number of fused-ring (bicyclic) bond motifs is 1. The normalized spacial score (nSPS) is 11.8. The maximum Gasteiger partial charge on any atom is 0.490 e. The third-order valence-corrected chi connectivity index (χ3v) is 3.20. The van der Waals surface area contributed by atoms with Gasteiger partial charge < -0.3 is 5.11 Å². The maximum absolute atomic E-state index is 11.3. The molecule has 0 amide bonds. The van der Waals surface area contributed by atoms with E-state index in [0.717, 1.165) is 10.9 Å². The average Bonchev–Trinajstić information content (AvgIpc) is 2.71. The topological polar surface area (TPSA) is 76.4 Å². The number of rotatable bonds is 1. The van der Waals surface area contributed by atoms with Crippen LogP contribution < -0.4 is 0 Å². The fourth-order valence-electron chi connectivity index (χ4n) is 1.35. The van der Waals surface area contributed by atoms with Gasteiger partial charge in [0.25, 0.3) is 0 Å². The van der Waals surface area contributed by atoms with E-state index in [9.17, 15) is 21.6 Å². The summed E-state index contributed by atoms with van der Waals surface area (Å²) in [7, 11) is -3.17. The molecule has 2 aromatic rings. The monoisotopic (exact) mass is 309 g/mol. The van der Waals surface area contributed by atoms with Crippen LogP contribution in [0.25, 0.3) is 10.9 Å². The van der Waals surface area contributed by atoms with Crippen molar-refractivity contribution in [3.05, 3.63) is 36.5 Å². The quantitative estimate of drug-likeness (QED) is 0.875. The minimum atomic E-state index is -5.08. The number of aromatic nitrogens is 1. The summed E-state index contributed by atoms with van der Waals surface area (Å²) in [4.78, 5) is 8.90. The molecule has 20 heavy (non-hydrogen) atoms. The largest absolute Gasteiger partial charge is 0.490 e. The lowest BCUT2D eigenvalue weighted by Crippen LogP contribution is -2.21. The minimum Gasteiger partial charge on any atom is -0.475 e. The van der Waals surface area contributed by atoms with Crippen LogP contribution in [-0.2, 0) is 14.8 Å². The van der Waals surface area contributed by atoms with Gasteiger partial charge in [-0.15, -0.1) is 0 Å². The first-order valence-corrected chi connectivity index (χ1v) is 6.95. The van der Waals surface area contributed by atoms with Crippen LogP contribution in [0.15, 0.2) is 36.5 Å². The Balaban J connectivity index is 0.000000246. The summed E-state index contributed by atoms with van der Waals surface area (Å²) in [5.41, 5.74) is 0.727. The SMILES string of the molecule is CS(=O)(=O)n1ccc2ccccc21.O=C(O)C(F)(F)F. The molecule has 0 saturated heterocycles. The molecular formula is C11H10F3NO4S. The number of halogens is 3. The Bertz CT molecular complexity index is 719. The number of carbonyl (C=O) groups is 1. The highest BCUT2D eigenvalue weighted by molar-refractivity contribution is 7.89. The van der Waals surface area contributed by atoms with Crippen molar-refractivity contribution in [3.63, 3.8) is 0 Å². The van der Waals surface area contributed by atoms with Gasteiger partial charge in [-0.2, -0.15) is 13.2 Å².